The van der Waals surface area contributed by atoms with Crippen LogP contribution >= 0.6 is 0 Å². The van der Waals surface area contributed by atoms with Crippen LogP contribution in [0.15, 0.2) is 58.5 Å². The Hall–Kier alpha value is -3.10. The Morgan fingerprint density at radius 2 is 0.795 bits per heavy atom. The van der Waals surface area contributed by atoms with E-state index in [1.807, 2.05) is 0 Å². The van der Waals surface area contributed by atoms with Gasteiger partial charge in [-0.15, -0.1) is 0 Å². The number of nitrogens with zero attached hydrogens (tertiary/aromatic N) is 2. The van der Waals surface area contributed by atoms with Crippen LogP contribution in [0, 0.1) is 23.7 Å². The van der Waals surface area contributed by atoms with Crippen molar-refractivity contribution in [2.45, 2.75) is 156 Å². The van der Waals surface area contributed by atoms with Gasteiger partial charge < -0.3 is 0 Å². The molecule has 0 fully saturated rings. The van der Waals surface area contributed by atoms with E-state index in [0.29, 0.717) is 0 Å². The molecule has 0 aromatic heterocycles. The SMILES string of the molecule is CCCCCCC#Cc1ccc(N=C(CCCC)C(CCCCCCCC)=Nc2ccc(C#CCCCCCC)cc2)cc1. The van der Waals surface area contributed by atoms with Gasteiger partial charge in [0.1, 0.15) is 0 Å². The molecule has 2 aromatic rings. The van der Waals surface area contributed by atoms with E-state index < -0.39 is 0 Å². The number of benzene rings is 2. The highest BCUT2D eigenvalue weighted by Gasteiger charge is 2.11. The summed E-state index contributed by atoms with van der Waals surface area (Å²) in [5.74, 6) is 13.4. The quantitative estimate of drug-likeness (QED) is 0.0782. The van der Waals surface area contributed by atoms with E-state index in [4.69, 9.17) is 9.98 Å². The van der Waals surface area contributed by atoms with Crippen molar-refractivity contribution >= 4 is 22.8 Å². The lowest BCUT2D eigenvalue weighted by Crippen LogP contribution is -2.14. The molecule has 0 heterocycles. The minimum absolute atomic E-state index is 0.950. The molecule has 2 nitrogen and oxygen atoms in total. The maximum absolute atomic E-state index is 5.22. The number of hydrogen-bond donors (Lipinski definition) is 0. The van der Waals surface area contributed by atoms with E-state index in [1.54, 1.807) is 0 Å². The Labute approximate surface area is 271 Å². The third-order valence-corrected chi connectivity index (χ3v) is 7.91. The van der Waals surface area contributed by atoms with E-state index in [-0.39, 0.29) is 0 Å². The zero-order valence-corrected chi connectivity index (χ0v) is 28.7. The fraction of sp³-hybridized carbons (Fsp3) is 0.571. The van der Waals surface area contributed by atoms with E-state index in [1.165, 1.54) is 83.5 Å². The highest BCUT2D eigenvalue weighted by molar-refractivity contribution is 6.43. The molecule has 0 radical (unpaired) electrons. The second kappa shape index (κ2) is 25.2. The highest BCUT2D eigenvalue weighted by Crippen LogP contribution is 2.21. The Morgan fingerprint density at radius 3 is 1.23 bits per heavy atom. The first-order valence-corrected chi connectivity index (χ1v) is 18.0. The fourth-order valence-corrected chi connectivity index (χ4v) is 5.11. The third-order valence-electron chi connectivity index (χ3n) is 7.91. The van der Waals surface area contributed by atoms with Crippen molar-refractivity contribution in [3.05, 3.63) is 59.7 Å². The summed E-state index contributed by atoms with van der Waals surface area (Å²) < 4.78 is 0. The van der Waals surface area contributed by atoms with Crippen molar-refractivity contribution in [3.8, 4) is 23.7 Å². The second-order valence-electron chi connectivity index (χ2n) is 12.1. The van der Waals surface area contributed by atoms with Gasteiger partial charge in [-0.05, 0) is 87.1 Å². The molecule has 0 atom stereocenters. The van der Waals surface area contributed by atoms with Crippen LogP contribution in [-0.2, 0) is 0 Å². The molecule has 0 bridgehead atoms. The van der Waals surface area contributed by atoms with Crippen molar-refractivity contribution in [2.24, 2.45) is 9.98 Å². The van der Waals surface area contributed by atoms with Gasteiger partial charge in [0.15, 0.2) is 0 Å². The van der Waals surface area contributed by atoms with E-state index in [2.05, 4.69) is 99.9 Å². The third kappa shape index (κ3) is 17.3. The lowest BCUT2D eigenvalue weighted by Gasteiger charge is -2.12. The predicted molar refractivity (Wildman–Crippen MR) is 196 cm³/mol. The molecule has 0 amide bonds. The second-order valence-corrected chi connectivity index (χ2v) is 12.1. The monoisotopic (exact) mass is 592 g/mol. The summed E-state index contributed by atoms with van der Waals surface area (Å²) in [6.45, 7) is 9.02. The number of unbranched alkanes of at least 4 members (excludes halogenated alkanes) is 14. The van der Waals surface area contributed by atoms with Gasteiger partial charge in [0.05, 0.1) is 22.8 Å². The molecule has 2 aromatic carbocycles. The summed E-state index contributed by atoms with van der Waals surface area (Å²) in [4.78, 5) is 10.4. The summed E-state index contributed by atoms with van der Waals surface area (Å²) in [5, 5.41) is 0. The molecule has 238 valence electrons. The van der Waals surface area contributed by atoms with E-state index in [9.17, 15) is 0 Å². The van der Waals surface area contributed by atoms with Crippen LogP contribution in [0.2, 0.25) is 0 Å². The fourth-order valence-electron chi connectivity index (χ4n) is 5.11. The predicted octanol–water partition coefficient (Wildman–Crippen LogP) is 13.1. The molecule has 0 saturated heterocycles. The van der Waals surface area contributed by atoms with Gasteiger partial charge in [0.25, 0.3) is 0 Å². The molecule has 0 aliphatic heterocycles. The lowest BCUT2D eigenvalue weighted by molar-refractivity contribution is 0.616. The van der Waals surface area contributed by atoms with E-state index in [0.717, 1.165) is 78.9 Å². The van der Waals surface area contributed by atoms with Gasteiger partial charge in [0, 0.05) is 24.0 Å². The van der Waals surface area contributed by atoms with Crippen molar-refractivity contribution < 1.29 is 0 Å². The van der Waals surface area contributed by atoms with Crippen LogP contribution < -0.4 is 0 Å². The molecule has 2 rings (SSSR count). The van der Waals surface area contributed by atoms with Crippen molar-refractivity contribution in [1.29, 1.82) is 0 Å². The standard InChI is InChI=1S/C42H60N2/c1-5-9-13-16-19-22-25-37-29-33-39(34-30-37)43-41(27-12-8-4)42(28-24-21-18-15-11-7-3)44-40-35-31-38(32-36-40)26-23-20-17-14-10-6-2/h29-36H,5-21,24,27-28H2,1-4H3. The average molecular weight is 593 g/mol. The molecule has 0 aliphatic rings. The maximum Gasteiger partial charge on any atom is 0.0634 e. The Balaban J connectivity index is 2.22. The van der Waals surface area contributed by atoms with Crippen molar-refractivity contribution in [1.82, 2.24) is 0 Å². The molecule has 0 saturated carbocycles. The first-order valence-electron chi connectivity index (χ1n) is 18.0. The van der Waals surface area contributed by atoms with Crippen LogP contribution in [-0.4, -0.2) is 11.4 Å². The average Bonchev–Trinajstić information content (AvgIpc) is 3.05. The zero-order valence-electron chi connectivity index (χ0n) is 28.7. The van der Waals surface area contributed by atoms with Crippen LogP contribution in [0.1, 0.15) is 167 Å². The highest BCUT2D eigenvalue weighted by atomic mass is 14.8. The number of rotatable bonds is 21. The van der Waals surface area contributed by atoms with Gasteiger partial charge in [-0.1, -0.05) is 128 Å². The van der Waals surface area contributed by atoms with Crippen molar-refractivity contribution in [3.63, 3.8) is 0 Å². The van der Waals surface area contributed by atoms with Gasteiger partial charge in [-0.25, -0.2) is 0 Å². The molecular formula is C42H60N2. The Bertz CT molecular complexity index is 1190. The molecule has 44 heavy (non-hydrogen) atoms. The summed E-state index contributed by atoms with van der Waals surface area (Å²) in [6, 6.07) is 16.9. The molecule has 0 spiro atoms. The minimum Gasteiger partial charge on any atom is -0.252 e. The van der Waals surface area contributed by atoms with E-state index >= 15 is 0 Å². The van der Waals surface area contributed by atoms with Crippen LogP contribution in [0.5, 0.6) is 0 Å². The van der Waals surface area contributed by atoms with Gasteiger partial charge in [-0.2, -0.15) is 0 Å². The summed E-state index contributed by atoms with van der Waals surface area (Å²) in [7, 11) is 0. The topological polar surface area (TPSA) is 24.7 Å². The Morgan fingerprint density at radius 1 is 0.432 bits per heavy atom. The molecule has 0 unspecified atom stereocenters. The molecule has 2 heteroatoms. The van der Waals surface area contributed by atoms with Gasteiger partial charge in [0.2, 0.25) is 0 Å². The van der Waals surface area contributed by atoms with Gasteiger partial charge in [-0.3, -0.25) is 9.98 Å². The van der Waals surface area contributed by atoms with Gasteiger partial charge >= 0.3 is 0 Å². The molecule has 0 N–H and O–H groups in total. The number of hydrogen-bond acceptors (Lipinski definition) is 2. The zero-order chi connectivity index (χ0) is 31.5. The largest absolute Gasteiger partial charge is 0.252 e. The smallest absolute Gasteiger partial charge is 0.0634 e. The van der Waals surface area contributed by atoms with Crippen molar-refractivity contribution in [2.75, 3.05) is 0 Å². The molecule has 0 aliphatic carbocycles. The van der Waals surface area contributed by atoms with Crippen LogP contribution in [0.25, 0.3) is 0 Å². The lowest BCUT2D eigenvalue weighted by atomic mass is 10.0. The molecular weight excluding hydrogens is 532 g/mol. The number of aliphatic imine (C=N–C) groups is 2. The summed E-state index contributed by atoms with van der Waals surface area (Å²) in [5.41, 5.74) is 6.39. The Kier molecular flexibility index (Phi) is 21.3. The van der Waals surface area contributed by atoms with Crippen LogP contribution in [0.3, 0.4) is 0 Å². The normalized spacial score (nSPS) is 11.5. The van der Waals surface area contributed by atoms with Crippen LogP contribution in [0.4, 0.5) is 11.4 Å². The first kappa shape index (κ1) is 37.1. The minimum atomic E-state index is 0.950. The summed E-state index contributed by atoms with van der Waals surface area (Å²) >= 11 is 0. The summed E-state index contributed by atoms with van der Waals surface area (Å²) in [6.07, 6.45) is 23.9. The maximum atomic E-state index is 5.22. The first-order chi connectivity index (χ1) is 21.7.